The van der Waals surface area contributed by atoms with E-state index in [9.17, 15) is 18.0 Å². The smallest absolute Gasteiger partial charge is 0.379 e. The van der Waals surface area contributed by atoms with Crippen molar-refractivity contribution >= 4 is 39.4 Å². The van der Waals surface area contributed by atoms with Gasteiger partial charge in [-0.05, 0) is 66.1 Å². The summed E-state index contributed by atoms with van der Waals surface area (Å²) < 4.78 is 38.2. The van der Waals surface area contributed by atoms with Gasteiger partial charge in [0.25, 0.3) is 5.91 Å². The molecule has 1 aliphatic heterocycles. The maximum atomic E-state index is 12.7. The van der Waals surface area contributed by atoms with Gasteiger partial charge in [-0.15, -0.1) is 0 Å². The van der Waals surface area contributed by atoms with Crippen LogP contribution >= 0.6 is 0 Å². The first kappa shape index (κ1) is 21.6. The van der Waals surface area contributed by atoms with Crippen molar-refractivity contribution in [3.8, 4) is 0 Å². The Kier molecular flexibility index (Phi) is 5.45. The molecule has 0 aromatic heterocycles. The number of amides is 1. The number of halogens is 3. The lowest BCUT2D eigenvalue weighted by Gasteiger charge is -2.23. The first-order chi connectivity index (χ1) is 16.4. The summed E-state index contributed by atoms with van der Waals surface area (Å²) in [5, 5.41) is 8.50. The molecule has 0 saturated carbocycles. The number of hydrogen-bond acceptors (Lipinski definition) is 3. The van der Waals surface area contributed by atoms with Crippen molar-refractivity contribution in [2.24, 2.45) is 0 Å². The van der Waals surface area contributed by atoms with Crippen LogP contribution in [0.5, 0.6) is 0 Å². The summed E-state index contributed by atoms with van der Waals surface area (Å²) >= 11 is 0. The quantitative estimate of drug-likeness (QED) is 0.341. The van der Waals surface area contributed by atoms with Gasteiger partial charge in [-0.25, -0.2) is 0 Å². The highest BCUT2D eigenvalue weighted by atomic mass is 19.4. The third-order valence-corrected chi connectivity index (χ3v) is 5.70. The Morgan fingerprint density at radius 1 is 0.882 bits per heavy atom. The van der Waals surface area contributed by atoms with Gasteiger partial charge in [0, 0.05) is 35.1 Å². The molecule has 170 valence electrons. The van der Waals surface area contributed by atoms with E-state index >= 15 is 0 Å². The minimum atomic E-state index is -4.44. The fourth-order valence-electron chi connectivity index (χ4n) is 3.99. The molecule has 4 aromatic rings. The van der Waals surface area contributed by atoms with Crippen LogP contribution < -0.4 is 15.5 Å². The number of nitrogens with zero attached hydrogens (tertiary/aromatic N) is 1. The van der Waals surface area contributed by atoms with Gasteiger partial charge in [0.1, 0.15) is 0 Å². The van der Waals surface area contributed by atoms with E-state index in [1.54, 1.807) is 12.1 Å². The summed E-state index contributed by atoms with van der Waals surface area (Å²) in [5.74, 6) is -0.475. The van der Waals surface area contributed by atoms with Gasteiger partial charge < -0.3 is 15.5 Å². The van der Waals surface area contributed by atoms with E-state index in [2.05, 4.69) is 39.8 Å². The number of benzene rings is 4. The van der Waals surface area contributed by atoms with E-state index < -0.39 is 17.6 Å². The molecule has 1 aliphatic rings. The van der Waals surface area contributed by atoms with Crippen molar-refractivity contribution in [3.63, 3.8) is 0 Å². The number of carbonyl (C=O) groups is 1. The molecule has 1 amide bonds. The van der Waals surface area contributed by atoms with E-state index in [1.807, 2.05) is 36.5 Å². The van der Waals surface area contributed by atoms with E-state index in [0.717, 1.165) is 40.0 Å². The zero-order valence-corrected chi connectivity index (χ0v) is 17.9. The van der Waals surface area contributed by atoms with E-state index in [4.69, 9.17) is 0 Å². The Morgan fingerprint density at radius 2 is 1.62 bits per heavy atom. The van der Waals surface area contributed by atoms with Gasteiger partial charge in [-0.1, -0.05) is 30.3 Å². The third kappa shape index (κ3) is 4.20. The molecule has 1 heterocycles. The normalized spacial score (nSPS) is 13.2. The van der Waals surface area contributed by atoms with Gasteiger partial charge in [0.2, 0.25) is 0 Å². The number of rotatable bonds is 3. The van der Waals surface area contributed by atoms with Gasteiger partial charge in [0.15, 0.2) is 0 Å². The lowest BCUT2D eigenvalue weighted by molar-refractivity contribution is -0.137. The van der Waals surface area contributed by atoms with Crippen LogP contribution in [0.1, 0.15) is 15.9 Å². The Hall–Kier alpha value is -4.26. The second-order valence-corrected chi connectivity index (χ2v) is 7.89. The standard InChI is InChI=1S/C27H20F3N3O/c28-27(29,30)20-9-6-19(7-10-20)26(34)32-21-11-13-22(14-12-21)33-17-3-16-31-25-23-5-2-1-4-18(23)8-15-24(25)33/h1-15,17,31H,16H2,(H,32,34). The molecule has 0 aliphatic carbocycles. The first-order valence-corrected chi connectivity index (χ1v) is 10.7. The molecule has 0 radical (unpaired) electrons. The topological polar surface area (TPSA) is 44.4 Å². The van der Waals surface area contributed by atoms with Crippen molar-refractivity contribution < 1.29 is 18.0 Å². The number of fused-ring (bicyclic) bond motifs is 3. The van der Waals surface area contributed by atoms with Crippen LogP contribution in [0.4, 0.5) is 35.9 Å². The summed E-state index contributed by atoms with van der Waals surface area (Å²) in [7, 11) is 0. The van der Waals surface area contributed by atoms with Crippen molar-refractivity contribution in [2.45, 2.75) is 6.18 Å². The molecule has 7 heteroatoms. The fraction of sp³-hybridized carbons (Fsp3) is 0.0741. The second kappa shape index (κ2) is 8.59. The molecule has 0 saturated heterocycles. The summed E-state index contributed by atoms with van der Waals surface area (Å²) in [6, 6.07) is 23.8. The van der Waals surface area contributed by atoms with E-state index in [-0.39, 0.29) is 5.56 Å². The number of hydrogen-bond donors (Lipinski definition) is 2. The van der Waals surface area contributed by atoms with Crippen LogP contribution in [-0.2, 0) is 6.18 Å². The van der Waals surface area contributed by atoms with Crippen LogP contribution in [0.15, 0.2) is 97.2 Å². The monoisotopic (exact) mass is 459 g/mol. The second-order valence-electron chi connectivity index (χ2n) is 7.89. The van der Waals surface area contributed by atoms with Crippen LogP contribution in [0.25, 0.3) is 10.8 Å². The first-order valence-electron chi connectivity index (χ1n) is 10.7. The number of nitrogens with one attached hydrogen (secondary N) is 2. The van der Waals surface area contributed by atoms with E-state index in [0.29, 0.717) is 12.2 Å². The van der Waals surface area contributed by atoms with Gasteiger partial charge >= 0.3 is 6.18 Å². The van der Waals surface area contributed by atoms with Crippen molar-refractivity contribution in [1.82, 2.24) is 0 Å². The van der Waals surface area contributed by atoms with Gasteiger partial charge in [-0.2, -0.15) is 13.2 Å². The molecule has 0 bridgehead atoms. The summed E-state index contributed by atoms with van der Waals surface area (Å²) in [5.41, 5.74) is 2.87. The minimum Gasteiger partial charge on any atom is -0.379 e. The minimum absolute atomic E-state index is 0.152. The average molecular weight is 459 g/mol. The molecule has 0 atom stereocenters. The number of anilines is 4. The SMILES string of the molecule is O=C(Nc1ccc(N2C=CCNc3c2ccc2ccccc32)cc1)c1ccc(C(F)(F)F)cc1. The largest absolute Gasteiger partial charge is 0.416 e. The Labute approximate surface area is 194 Å². The van der Waals surface area contributed by atoms with Crippen molar-refractivity contribution in [1.29, 1.82) is 0 Å². The fourth-order valence-corrected chi connectivity index (χ4v) is 3.99. The Morgan fingerprint density at radius 3 is 2.35 bits per heavy atom. The molecule has 4 nitrogen and oxygen atoms in total. The number of carbonyl (C=O) groups excluding carboxylic acids is 1. The third-order valence-electron chi connectivity index (χ3n) is 5.70. The lowest BCUT2D eigenvalue weighted by atomic mass is 10.1. The highest BCUT2D eigenvalue weighted by molar-refractivity contribution is 6.05. The predicted molar refractivity (Wildman–Crippen MR) is 130 cm³/mol. The molecule has 0 unspecified atom stereocenters. The van der Waals surface area contributed by atoms with E-state index in [1.165, 1.54) is 12.1 Å². The number of alkyl halides is 3. The molecular weight excluding hydrogens is 439 g/mol. The van der Waals surface area contributed by atoms with Gasteiger partial charge in [0.05, 0.1) is 16.9 Å². The Balaban J connectivity index is 1.37. The molecular formula is C27H20F3N3O. The molecule has 0 spiro atoms. The molecule has 5 rings (SSSR count). The van der Waals surface area contributed by atoms with Crippen molar-refractivity contribution in [3.05, 3.63) is 108 Å². The molecule has 0 fully saturated rings. The van der Waals surface area contributed by atoms with Crippen LogP contribution in [0.2, 0.25) is 0 Å². The van der Waals surface area contributed by atoms with Crippen molar-refractivity contribution in [2.75, 3.05) is 22.1 Å². The molecule has 34 heavy (non-hydrogen) atoms. The summed E-state index contributed by atoms with van der Waals surface area (Å²) in [6.07, 6.45) is -0.397. The Bertz CT molecular complexity index is 1380. The highest BCUT2D eigenvalue weighted by Crippen LogP contribution is 2.39. The van der Waals surface area contributed by atoms with Crippen LogP contribution in [-0.4, -0.2) is 12.5 Å². The molecule has 4 aromatic carbocycles. The average Bonchev–Trinajstić information content (AvgIpc) is 3.07. The van der Waals surface area contributed by atoms with Crippen LogP contribution in [0, 0.1) is 0 Å². The summed E-state index contributed by atoms with van der Waals surface area (Å²) in [6.45, 7) is 0.693. The zero-order valence-electron chi connectivity index (χ0n) is 17.9. The maximum absolute atomic E-state index is 12.7. The van der Waals surface area contributed by atoms with Crippen LogP contribution in [0.3, 0.4) is 0 Å². The maximum Gasteiger partial charge on any atom is 0.416 e. The highest BCUT2D eigenvalue weighted by Gasteiger charge is 2.30. The molecule has 2 N–H and O–H groups in total. The van der Waals surface area contributed by atoms with Gasteiger partial charge in [-0.3, -0.25) is 4.79 Å². The zero-order chi connectivity index (χ0) is 23.7. The lowest BCUT2D eigenvalue weighted by Crippen LogP contribution is -2.13. The predicted octanol–water partition coefficient (Wildman–Crippen LogP) is 7.19. The summed E-state index contributed by atoms with van der Waals surface area (Å²) in [4.78, 5) is 14.5.